The molecular formula is C34H38N6O6. The molecule has 240 valence electrons. The summed E-state index contributed by atoms with van der Waals surface area (Å²) in [4.78, 5) is 76.2. The van der Waals surface area contributed by atoms with E-state index < -0.39 is 48.7 Å². The number of fused-ring (bicyclic) bond motifs is 2. The second kappa shape index (κ2) is 16.0. The molecule has 0 radical (unpaired) electrons. The van der Waals surface area contributed by atoms with Crippen LogP contribution in [-0.4, -0.2) is 61.1 Å². The zero-order valence-electron chi connectivity index (χ0n) is 25.9. The minimum atomic E-state index is -0.847. The lowest BCUT2D eigenvalue weighted by Crippen LogP contribution is -2.47. The Hall–Kier alpha value is -5.52. The number of para-hydroxylation sites is 2. The molecule has 1 aliphatic rings. The minimum absolute atomic E-state index is 0.0627. The van der Waals surface area contributed by atoms with Crippen LogP contribution in [-0.2, 0) is 41.6 Å². The Morgan fingerprint density at radius 1 is 0.652 bits per heavy atom. The van der Waals surface area contributed by atoms with Gasteiger partial charge in [-0.25, -0.2) is 0 Å². The molecule has 3 aromatic rings. The van der Waals surface area contributed by atoms with Crippen LogP contribution in [0.1, 0.15) is 36.5 Å². The summed E-state index contributed by atoms with van der Waals surface area (Å²) in [6.07, 6.45) is 1.41. The van der Waals surface area contributed by atoms with E-state index in [2.05, 4.69) is 26.6 Å². The number of hydrogen-bond donors (Lipinski definition) is 5. The van der Waals surface area contributed by atoms with Crippen LogP contribution in [0.5, 0.6) is 0 Å². The predicted molar refractivity (Wildman–Crippen MR) is 173 cm³/mol. The summed E-state index contributed by atoms with van der Waals surface area (Å²) in [6.45, 7) is 2.24. The van der Waals surface area contributed by atoms with E-state index in [1.54, 1.807) is 17.0 Å². The molecule has 0 saturated carbocycles. The molecule has 0 fully saturated rings. The Balaban J connectivity index is 1.13. The SMILES string of the molecule is Cc1ccc(NC(=O)[C@H](C)NC(=O)CNC(=O)CNC(=O)CNC(=O)CCC(=O)N2c3ccccc3CCc3ccccc32)cc1. The van der Waals surface area contributed by atoms with Crippen molar-refractivity contribution in [1.82, 2.24) is 21.3 Å². The fourth-order valence-corrected chi connectivity index (χ4v) is 4.88. The highest BCUT2D eigenvalue weighted by Gasteiger charge is 2.26. The van der Waals surface area contributed by atoms with Gasteiger partial charge in [-0.05, 0) is 62.1 Å². The second-order valence-corrected chi connectivity index (χ2v) is 11.0. The van der Waals surface area contributed by atoms with Gasteiger partial charge in [-0.2, -0.15) is 0 Å². The normalized spacial score (nSPS) is 12.3. The number of benzene rings is 3. The van der Waals surface area contributed by atoms with Gasteiger partial charge in [0.05, 0.1) is 31.0 Å². The number of carbonyl (C=O) groups excluding carboxylic acids is 6. The lowest BCUT2D eigenvalue weighted by Gasteiger charge is -2.25. The number of amides is 6. The number of anilines is 3. The maximum Gasteiger partial charge on any atom is 0.246 e. The van der Waals surface area contributed by atoms with Gasteiger partial charge in [0.25, 0.3) is 0 Å². The highest BCUT2D eigenvalue weighted by atomic mass is 16.2. The molecule has 0 unspecified atom stereocenters. The first-order chi connectivity index (χ1) is 22.1. The van der Waals surface area contributed by atoms with Crippen LogP contribution in [0, 0.1) is 6.92 Å². The molecule has 0 aromatic heterocycles. The van der Waals surface area contributed by atoms with Gasteiger partial charge in [0.15, 0.2) is 0 Å². The van der Waals surface area contributed by atoms with Crippen molar-refractivity contribution in [3.8, 4) is 0 Å². The van der Waals surface area contributed by atoms with E-state index in [1.807, 2.05) is 67.6 Å². The maximum absolute atomic E-state index is 13.4. The molecule has 0 saturated heterocycles. The molecule has 4 rings (SSSR count). The molecular weight excluding hydrogens is 588 g/mol. The van der Waals surface area contributed by atoms with E-state index in [1.165, 1.54) is 6.92 Å². The van der Waals surface area contributed by atoms with Crippen molar-refractivity contribution in [2.75, 3.05) is 29.9 Å². The van der Waals surface area contributed by atoms with Gasteiger partial charge >= 0.3 is 0 Å². The predicted octanol–water partition coefficient (Wildman–Crippen LogP) is 2.03. The summed E-state index contributed by atoms with van der Waals surface area (Å²) in [6, 6.07) is 21.8. The Labute approximate surface area is 267 Å². The van der Waals surface area contributed by atoms with E-state index in [4.69, 9.17) is 0 Å². The summed E-state index contributed by atoms with van der Waals surface area (Å²) in [7, 11) is 0. The van der Waals surface area contributed by atoms with E-state index in [9.17, 15) is 28.8 Å². The highest BCUT2D eigenvalue weighted by molar-refractivity contribution is 6.03. The van der Waals surface area contributed by atoms with Crippen molar-refractivity contribution < 1.29 is 28.8 Å². The van der Waals surface area contributed by atoms with Crippen LogP contribution in [0.2, 0.25) is 0 Å². The fraction of sp³-hybridized carbons (Fsp3) is 0.294. The van der Waals surface area contributed by atoms with Crippen molar-refractivity contribution in [2.45, 2.75) is 45.6 Å². The molecule has 12 heteroatoms. The van der Waals surface area contributed by atoms with Gasteiger partial charge in [0, 0.05) is 18.5 Å². The van der Waals surface area contributed by atoms with E-state index >= 15 is 0 Å². The second-order valence-electron chi connectivity index (χ2n) is 11.0. The van der Waals surface area contributed by atoms with Crippen molar-refractivity contribution >= 4 is 52.5 Å². The van der Waals surface area contributed by atoms with Crippen LogP contribution in [0.15, 0.2) is 72.8 Å². The summed E-state index contributed by atoms with van der Waals surface area (Å²) in [5, 5.41) is 12.4. The average Bonchev–Trinajstić information content (AvgIpc) is 3.22. The Kier molecular flexibility index (Phi) is 11.6. The maximum atomic E-state index is 13.4. The standard InChI is InChI=1S/C34H38N6O6/c1-22-11-15-26(16-12-22)39-34(46)23(2)38-32(44)21-37-31(43)20-36-30(42)19-35-29(41)17-18-33(45)40-27-9-5-3-7-24(27)13-14-25-8-4-6-10-28(25)40/h3-12,15-16,23H,13-14,17-21H2,1-2H3,(H,35,41)(H,36,42)(H,37,43)(H,38,44)(H,39,46)/t23-/m0/s1. The molecule has 0 aliphatic carbocycles. The topological polar surface area (TPSA) is 166 Å². The van der Waals surface area contributed by atoms with Gasteiger partial charge in [-0.15, -0.1) is 0 Å². The van der Waals surface area contributed by atoms with E-state index in [0.29, 0.717) is 5.69 Å². The largest absolute Gasteiger partial charge is 0.347 e. The van der Waals surface area contributed by atoms with Crippen molar-refractivity contribution in [1.29, 1.82) is 0 Å². The van der Waals surface area contributed by atoms with Crippen molar-refractivity contribution in [3.05, 3.63) is 89.5 Å². The first-order valence-corrected chi connectivity index (χ1v) is 15.1. The minimum Gasteiger partial charge on any atom is -0.347 e. The quantitative estimate of drug-likeness (QED) is 0.206. The van der Waals surface area contributed by atoms with Crippen LogP contribution in [0.3, 0.4) is 0 Å². The van der Waals surface area contributed by atoms with Crippen molar-refractivity contribution in [3.63, 3.8) is 0 Å². The molecule has 6 amide bonds. The van der Waals surface area contributed by atoms with Gasteiger partial charge < -0.3 is 26.6 Å². The zero-order chi connectivity index (χ0) is 33.1. The zero-order valence-corrected chi connectivity index (χ0v) is 25.9. The number of rotatable bonds is 12. The summed E-state index contributed by atoms with van der Waals surface area (Å²) >= 11 is 0. The molecule has 5 N–H and O–H groups in total. The van der Waals surface area contributed by atoms with Crippen molar-refractivity contribution in [2.24, 2.45) is 0 Å². The van der Waals surface area contributed by atoms with Gasteiger partial charge in [0.2, 0.25) is 35.4 Å². The first-order valence-electron chi connectivity index (χ1n) is 15.1. The van der Waals surface area contributed by atoms with Gasteiger partial charge in [-0.1, -0.05) is 54.1 Å². The lowest BCUT2D eigenvalue weighted by molar-refractivity contribution is -0.129. The number of aryl methyl sites for hydroxylation is 3. The van der Waals surface area contributed by atoms with Gasteiger partial charge in [0.1, 0.15) is 6.04 Å². The number of nitrogens with zero attached hydrogens (tertiary/aromatic N) is 1. The summed E-state index contributed by atoms with van der Waals surface area (Å²) in [5.74, 6) is -2.96. The number of carbonyl (C=O) groups is 6. The fourth-order valence-electron chi connectivity index (χ4n) is 4.88. The van der Waals surface area contributed by atoms with Crippen LogP contribution < -0.4 is 31.5 Å². The number of nitrogens with one attached hydrogen (secondary N) is 5. The van der Waals surface area contributed by atoms with Crippen LogP contribution >= 0.6 is 0 Å². The molecule has 12 nitrogen and oxygen atoms in total. The van der Waals surface area contributed by atoms with Crippen LogP contribution in [0.4, 0.5) is 17.1 Å². The molecule has 1 atom stereocenters. The Bertz CT molecular complexity index is 1560. The molecule has 46 heavy (non-hydrogen) atoms. The Morgan fingerprint density at radius 3 is 1.72 bits per heavy atom. The summed E-state index contributed by atoms with van der Waals surface area (Å²) < 4.78 is 0. The smallest absolute Gasteiger partial charge is 0.246 e. The molecule has 1 aliphatic heterocycles. The number of hydrogen-bond acceptors (Lipinski definition) is 6. The third-order valence-corrected chi connectivity index (χ3v) is 7.37. The Morgan fingerprint density at radius 2 is 1.15 bits per heavy atom. The summed E-state index contributed by atoms with van der Waals surface area (Å²) in [5.41, 5.74) is 5.33. The highest BCUT2D eigenvalue weighted by Crippen LogP contribution is 2.36. The van der Waals surface area contributed by atoms with E-state index in [-0.39, 0.29) is 25.3 Å². The molecule has 0 spiro atoms. The third-order valence-electron chi connectivity index (χ3n) is 7.37. The average molecular weight is 627 g/mol. The monoisotopic (exact) mass is 626 g/mol. The first kappa shape index (κ1) is 33.4. The third kappa shape index (κ3) is 9.49. The molecule has 1 heterocycles. The lowest BCUT2D eigenvalue weighted by atomic mass is 10.0. The molecule has 3 aromatic carbocycles. The van der Waals surface area contributed by atoms with E-state index in [0.717, 1.165) is 40.9 Å². The molecule has 0 bridgehead atoms. The van der Waals surface area contributed by atoms with Gasteiger partial charge in [-0.3, -0.25) is 33.7 Å². The van der Waals surface area contributed by atoms with Crippen LogP contribution in [0.25, 0.3) is 0 Å².